The van der Waals surface area contributed by atoms with Crippen molar-refractivity contribution in [3.8, 4) is 44.5 Å². The highest BCUT2D eigenvalue weighted by Gasteiger charge is 2.71. The Balaban J connectivity index is 0.000000119. The van der Waals surface area contributed by atoms with Crippen LogP contribution in [0.1, 0.15) is 235 Å². The lowest BCUT2D eigenvalue weighted by Gasteiger charge is -2.50. The number of fused-ring (bicyclic) bond motifs is 4. The number of rotatable bonds is 20. The Kier molecular flexibility index (Phi) is 25.1. The minimum Gasteiger partial charge on any atom is -0.468 e. The molecule has 10 aliphatic rings. The van der Waals surface area contributed by atoms with Crippen molar-refractivity contribution in [3.05, 3.63) is 311 Å². The molecule has 20 rings (SSSR count). The van der Waals surface area contributed by atoms with E-state index in [0.29, 0.717) is 25.6 Å². The van der Waals surface area contributed by atoms with Gasteiger partial charge in [-0.1, -0.05) is 305 Å². The van der Waals surface area contributed by atoms with E-state index < -0.39 is 39.6 Å². The van der Waals surface area contributed by atoms with Crippen LogP contribution in [0, 0.1) is 21.7 Å². The molecule has 4 saturated heterocycles. The Morgan fingerprint density at radius 3 is 0.983 bits per heavy atom. The lowest BCUT2D eigenvalue weighted by Crippen LogP contribution is -2.56. The first-order valence-electron chi connectivity index (χ1n) is 45.2. The number of ether oxygens (including phenoxy) is 9. The van der Waals surface area contributed by atoms with Crippen LogP contribution in [0.5, 0.6) is 0 Å². The first-order chi connectivity index (χ1) is 58.8. The van der Waals surface area contributed by atoms with E-state index >= 15 is 0 Å². The van der Waals surface area contributed by atoms with E-state index in [1.165, 1.54) is 129 Å². The maximum atomic E-state index is 13.0. The summed E-state index contributed by atoms with van der Waals surface area (Å²) in [5.74, 6) is -0.606. The van der Waals surface area contributed by atoms with Crippen molar-refractivity contribution in [2.75, 3.05) is 62.0 Å². The maximum Gasteiger partial charge on any atom is 0.317 e. The Labute approximate surface area is 713 Å². The van der Waals surface area contributed by atoms with Crippen molar-refractivity contribution >= 4 is 5.97 Å². The lowest BCUT2D eigenvalue weighted by molar-refractivity contribution is -0.268. The molecule has 1 N–H and O–H groups in total. The van der Waals surface area contributed by atoms with Crippen LogP contribution in [0.3, 0.4) is 0 Å². The molecule has 6 saturated carbocycles. The van der Waals surface area contributed by atoms with Gasteiger partial charge in [0.15, 0.2) is 23.1 Å². The fourth-order valence-corrected chi connectivity index (χ4v) is 24.8. The molecule has 4 heterocycles. The normalized spacial score (nSPS) is 27.5. The molecule has 0 aromatic heterocycles. The quantitative estimate of drug-likeness (QED) is 0.0735. The van der Waals surface area contributed by atoms with Gasteiger partial charge >= 0.3 is 5.97 Å². The molecule has 6 aliphatic carbocycles. The fraction of sp³-hybridized carbons (Fsp3) is 0.440. The molecule has 0 radical (unpaired) electrons. The second-order valence-electron chi connectivity index (χ2n) is 36.0. The van der Waals surface area contributed by atoms with Crippen molar-refractivity contribution in [2.24, 2.45) is 21.7 Å². The highest BCUT2D eigenvalue weighted by molar-refractivity contribution is 5.79. The van der Waals surface area contributed by atoms with Crippen LogP contribution in [-0.4, -0.2) is 96.2 Å². The Bertz CT molecular complexity index is 4690. The van der Waals surface area contributed by atoms with Crippen LogP contribution in [0.15, 0.2) is 267 Å². The number of aliphatic hydroxyl groups is 1. The molecule has 10 aromatic rings. The molecule has 0 unspecified atom stereocenters. The largest absolute Gasteiger partial charge is 0.468 e. The highest BCUT2D eigenvalue weighted by atomic mass is 16.7. The molecule has 626 valence electrons. The smallest absolute Gasteiger partial charge is 0.317 e. The maximum absolute atomic E-state index is 13.0. The second kappa shape index (κ2) is 36.0. The monoisotopic (exact) mass is 1610 g/mol. The van der Waals surface area contributed by atoms with E-state index in [1.807, 2.05) is 50.6 Å². The van der Waals surface area contributed by atoms with Crippen molar-refractivity contribution in [1.29, 1.82) is 0 Å². The predicted molar refractivity (Wildman–Crippen MR) is 477 cm³/mol. The zero-order valence-electron chi connectivity index (χ0n) is 71.5. The Morgan fingerprint density at radius 2 is 0.608 bits per heavy atom. The molecule has 0 spiro atoms. The zero-order valence-corrected chi connectivity index (χ0v) is 71.5. The van der Waals surface area contributed by atoms with Crippen LogP contribution in [0.4, 0.5) is 0 Å². The van der Waals surface area contributed by atoms with Crippen LogP contribution >= 0.6 is 0 Å². The Hall–Kier alpha value is -8.69. The van der Waals surface area contributed by atoms with Crippen molar-refractivity contribution in [2.45, 2.75) is 219 Å². The van der Waals surface area contributed by atoms with E-state index in [-0.39, 0.29) is 22.7 Å². The van der Waals surface area contributed by atoms with Crippen molar-refractivity contribution in [3.63, 3.8) is 0 Å². The highest BCUT2D eigenvalue weighted by Crippen LogP contribution is 2.68. The van der Waals surface area contributed by atoms with Crippen molar-refractivity contribution in [1.82, 2.24) is 0 Å². The minimum absolute atomic E-state index is 0.0143. The summed E-state index contributed by atoms with van der Waals surface area (Å²) in [6.45, 7) is 2.74. The minimum atomic E-state index is -1.26. The first-order valence-corrected chi connectivity index (χ1v) is 45.2. The number of hydrogen-bond acceptors (Lipinski definition) is 11. The molecular formula is C109H124O11. The first kappa shape index (κ1) is 83.6. The van der Waals surface area contributed by atoms with E-state index in [9.17, 15) is 9.90 Å². The van der Waals surface area contributed by atoms with Gasteiger partial charge in [0.25, 0.3) is 0 Å². The van der Waals surface area contributed by atoms with Gasteiger partial charge in [0.2, 0.25) is 0 Å². The van der Waals surface area contributed by atoms with Gasteiger partial charge in [-0.3, -0.25) is 4.79 Å². The molecule has 120 heavy (non-hydrogen) atoms. The summed E-state index contributed by atoms with van der Waals surface area (Å²) in [5.41, 5.74) is 17.6. The molecular weight excluding hydrogens is 1490 g/mol. The zero-order chi connectivity index (χ0) is 82.3. The van der Waals surface area contributed by atoms with Gasteiger partial charge in [-0.05, 0) is 204 Å². The van der Waals surface area contributed by atoms with E-state index in [2.05, 4.69) is 231 Å². The van der Waals surface area contributed by atoms with Gasteiger partial charge < -0.3 is 47.7 Å². The fourth-order valence-electron chi connectivity index (χ4n) is 24.8. The van der Waals surface area contributed by atoms with Crippen LogP contribution < -0.4 is 0 Å². The third-order valence-electron chi connectivity index (χ3n) is 30.9. The third kappa shape index (κ3) is 15.0. The molecule has 4 aliphatic heterocycles. The standard InChI is InChI=1S/C33H32O3.C33H44O2.C33H32O2.C10H16O4/c1-35-32-22-8-21-31(32,23-24-36-32)33(34,29-17-13-27(14-18-29)25-9-4-2-5-10-25)30-19-15-28(16-20-30)26-11-6-3-7-12-26;2*1-34-33-22-8-21-32(33,23-24-35-33)31(29-17-13-27(14-18-29)25-9-4-2-5-10-25)30-19-15-28(16-20-30)26-11-6-3-7-12-26;1-12-8(11)9-4-3-5-10(9,13-2)14-7-6-9/h2-7,9-20,34H,8,21-24H2,1H3;13-20,25-26,31H,2-12,21-24H2,1H3;2-7,9-20,31H,8,21-24H2,1H3;3-7H2,1-2H3/t31-,32+;2*32-,33-;9-,10-/m1000/s1. The molecule has 8 atom stereocenters. The summed E-state index contributed by atoms with van der Waals surface area (Å²) in [6, 6.07) is 96.7. The molecule has 0 bridgehead atoms. The summed E-state index contributed by atoms with van der Waals surface area (Å²) in [7, 11) is 8.46. The predicted octanol–water partition coefficient (Wildman–Crippen LogP) is 25.2. The number of esters is 1. The topological polar surface area (TPSA) is 120 Å². The van der Waals surface area contributed by atoms with Gasteiger partial charge in [0, 0.05) is 76.8 Å². The second-order valence-corrected chi connectivity index (χ2v) is 36.0. The molecule has 0 amide bonds. The van der Waals surface area contributed by atoms with Gasteiger partial charge in [-0.2, -0.15) is 0 Å². The summed E-state index contributed by atoms with van der Waals surface area (Å²) in [5, 5.41) is 13.0. The summed E-state index contributed by atoms with van der Waals surface area (Å²) in [6.07, 6.45) is 29.1. The molecule has 10 fully saturated rings. The van der Waals surface area contributed by atoms with Gasteiger partial charge in [0.05, 0.1) is 39.0 Å². The van der Waals surface area contributed by atoms with Gasteiger partial charge in [0.1, 0.15) is 11.0 Å². The number of methoxy groups -OCH3 is 5. The molecule has 10 aromatic carbocycles. The van der Waals surface area contributed by atoms with Crippen LogP contribution in [0.2, 0.25) is 0 Å². The third-order valence-corrected chi connectivity index (χ3v) is 30.9. The number of hydrogen-bond donors (Lipinski definition) is 1. The summed E-state index contributed by atoms with van der Waals surface area (Å²) < 4.78 is 53.7. The van der Waals surface area contributed by atoms with Crippen LogP contribution in [0.25, 0.3) is 44.5 Å². The SMILES string of the molecule is COC(=O)[C@@]12CCC[C@]1(OC)OCC2.CO[C@]12CCC[C@@]1(C(O)(c1ccc(-c3ccccc3)cc1)c1ccc(-c3ccccc3)cc1)CCO2.CO[C@]12CCC[C@@]1(C(c1ccc(-c3ccccc3)cc1)c1ccc(-c3ccccc3)cc1)CCO2.CO[C@]12CCC[C@@]1(C(c1ccc(C3CCCCC3)cc1)c1ccc(C3CCCCC3)cc1)CCO2. The van der Waals surface area contributed by atoms with Gasteiger partial charge in [-0.25, -0.2) is 0 Å². The number of benzene rings is 10. The lowest BCUT2D eigenvalue weighted by atomic mass is 9.60. The van der Waals surface area contributed by atoms with Gasteiger partial charge in [-0.15, -0.1) is 0 Å². The molecule has 11 nitrogen and oxygen atoms in total. The van der Waals surface area contributed by atoms with E-state index in [0.717, 1.165) is 142 Å². The van der Waals surface area contributed by atoms with E-state index in [1.54, 1.807) is 25.3 Å². The van der Waals surface area contributed by atoms with E-state index in [4.69, 9.17) is 42.6 Å². The van der Waals surface area contributed by atoms with Crippen molar-refractivity contribution < 1.29 is 52.5 Å². The average Bonchev–Trinajstić information content (AvgIpc) is 1.60. The Morgan fingerprint density at radius 1 is 0.308 bits per heavy atom. The summed E-state index contributed by atoms with van der Waals surface area (Å²) in [4.78, 5) is 11.8. The number of carbonyl (C=O) groups excluding carboxylic acids is 1. The summed E-state index contributed by atoms with van der Waals surface area (Å²) >= 11 is 0. The average molecular weight is 1610 g/mol. The molecule has 11 heteroatoms. The van der Waals surface area contributed by atoms with Crippen LogP contribution in [-0.2, 0) is 53.0 Å². The number of carbonyl (C=O) groups is 1.